The van der Waals surface area contributed by atoms with Crippen molar-refractivity contribution in [3.63, 3.8) is 0 Å². The van der Waals surface area contributed by atoms with Gasteiger partial charge in [0, 0.05) is 12.2 Å². The van der Waals surface area contributed by atoms with Crippen LogP contribution in [0.25, 0.3) is 0 Å². The lowest BCUT2D eigenvalue weighted by Crippen LogP contribution is -2.13. The lowest BCUT2D eigenvalue weighted by molar-refractivity contribution is 0.116. The molecule has 0 radical (unpaired) electrons. The molecule has 0 fully saturated rings. The van der Waals surface area contributed by atoms with Gasteiger partial charge in [0.25, 0.3) is 0 Å². The van der Waals surface area contributed by atoms with Crippen molar-refractivity contribution in [2.24, 2.45) is 10.9 Å². The Hall–Kier alpha value is -1.55. The number of rotatable bonds is 10. The Labute approximate surface area is 128 Å². The number of hydrogen-bond donors (Lipinski definition) is 2. The molecule has 0 unspecified atom stereocenters. The Morgan fingerprint density at radius 3 is 2.57 bits per heavy atom. The Morgan fingerprint density at radius 1 is 1.19 bits per heavy atom. The molecular formula is C17H28N2O2. The van der Waals surface area contributed by atoms with E-state index in [0.717, 1.165) is 29.7 Å². The fourth-order valence-electron chi connectivity index (χ4n) is 2.24. The van der Waals surface area contributed by atoms with Crippen LogP contribution in [0.5, 0.6) is 0 Å². The van der Waals surface area contributed by atoms with Crippen molar-refractivity contribution in [3.8, 4) is 0 Å². The minimum atomic E-state index is 0.137. The molecule has 1 rings (SSSR count). The number of unbranched alkanes of at least 4 members (excludes halogenated alkanes) is 5. The van der Waals surface area contributed by atoms with Crippen LogP contribution in [-0.4, -0.2) is 17.6 Å². The summed E-state index contributed by atoms with van der Waals surface area (Å²) >= 11 is 0. The monoisotopic (exact) mass is 292 g/mol. The SMILES string of the molecule is CCCCCCCCOCc1ccc(/C(N)=N/O)cc1C. The summed E-state index contributed by atoms with van der Waals surface area (Å²) in [4.78, 5) is 0. The van der Waals surface area contributed by atoms with E-state index in [-0.39, 0.29) is 5.84 Å². The van der Waals surface area contributed by atoms with E-state index in [1.807, 2.05) is 25.1 Å². The van der Waals surface area contributed by atoms with Gasteiger partial charge in [-0.3, -0.25) is 0 Å². The van der Waals surface area contributed by atoms with E-state index in [0.29, 0.717) is 6.61 Å². The Balaban J connectivity index is 2.26. The van der Waals surface area contributed by atoms with Gasteiger partial charge in [0.15, 0.2) is 5.84 Å². The minimum absolute atomic E-state index is 0.137. The number of hydrogen-bond acceptors (Lipinski definition) is 3. The van der Waals surface area contributed by atoms with Crippen LogP contribution >= 0.6 is 0 Å². The van der Waals surface area contributed by atoms with Crippen LogP contribution in [0.2, 0.25) is 0 Å². The number of ether oxygens (including phenoxy) is 1. The van der Waals surface area contributed by atoms with Crippen LogP contribution in [0.1, 0.15) is 62.1 Å². The smallest absolute Gasteiger partial charge is 0.170 e. The molecule has 0 aliphatic carbocycles. The Morgan fingerprint density at radius 2 is 1.90 bits per heavy atom. The summed E-state index contributed by atoms with van der Waals surface area (Å²) in [6.07, 6.45) is 7.66. The van der Waals surface area contributed by atoms with Gasteiger partial charge in [-0.1, -0.05) is 56.3 Å². The molecule has 4 heteroatoms. The molecular weight excluding hydrogens is 264 g/mol. The maximum absolute atomic E-state index is 8.66. The quantitative estimate of drug-likeness (QED) is 0.225. The Bertz CT molecular complexity index is 444. The summed E-state index contributed by atoms with van der Waals surface area (Å²) in [5, 5.41) is 11.7. The van der Waals surface area contributed by atoms with E-state index in [1.165, 1.54) is 32.1 Å². The lowest BCUT2D eigenvalue weighted by atomic mass is 10.1. The van der Waals surface area contributed by atoms with Gasteiger partial charge >= 0.3 is 0 Å². The molecule has 0 aliphatic rings. The van der Waals surface area contributed by atoms with Crippen molar-refractivity contribution >= 4 is 5.84 Å². The molecule has 118 valence electrons. The summed E-state index contributed by atoms with van der Waals surface area (Å²) in [6, 6.07) is 5.74. The first-order valence-electron chi connectivity index (χ1n) is 7.84. The van der Waals surface area contributed by atoms with Crippen LogP contribution < -0.4 is 5.73 Å². The van der Waals surface area contributed by atoms with E-state index >= 15 is 0 Å². The maximum Gasteiger partial charge on any atom is 0.170 e. The molecule has 1 aromatic carbocycles. The molecule has 0 amide bonds. The lowest BCUT2D eigenvalue weighted by Gasteiger charge is -2.09. The molecule has 0 aliphatic heterocycles. The first kappa shape index (κ1) is 17.5. The molecule has 21 heavy (non-hydrogen) atoms. The zero-order valence-electron chi connectivity index (χ0n) is 13.3. The van der Waals surface area contributed by atoms with E-state index in [1.54, 1.807) is 0 Å². The number of amidine groups is 1. The molecule has 4 nitrogen and oxygen atoms in total. The third kappa shape index (κ3) is 6.63. The highest BCUT2D eigenvalue weighted by atomic mass is 16.5. The average molecular weight is 292 g/mol. The Kier molecular flexibility index (Phi) is 8.51. The third-order valence-corrected chi connectivity index (χ3v) is 3.65. The number of nitrogens with zero attached hydrogens (tertiary/aromatic N) is 1. The maximum atomic E-state index is 8.66. The topological polar surface area (TPSA) is 67.8 Å². The number of benzene rings is 1. The molecule has 0 saturated carbocycles. The molecule has 0 spiro atoms. The largest absolute Gasteiger partial charge is 0.409 e. The second kappa shape index (κ2) is 10.2. The highest BCUT2D eigenvalue weighted by molar-refractivity contribution is 5.97. The first-order chi connectivity index (χ1) is 10.2. The summed E-state index contributed by atoms with van der Waals surface area (Å²) in [5.74, 6) is 0.137. The van der Waals surface area contributed by atoms with Gasteiger partial charge in [-0.25, -0.2) is 0 Å². The van der Waals surface area contributed by atoms with Crippen molar-refractivity contribution in [3.05, 3.63) is 34.9 Å². The average Bonchev–Trinajstić information content (AvgIpc) is 2.50. The fourth-order valence-corrected chi connectivity index (χ4v) is 2.24. The zero-order chi connectivity index (χ0) is 15.5. The van der Waals surface area contributed by atoms with Gasteiger partial charge in [-0.05, 0) is 30.5 Å². The zero-order valence-corrected chi connectivity index (χ0v) is 13.3. The predicted molar refractivity (Wildman–Crippen MR) is 86.7 cm³/mol. The van der Waals surface area contributed by atoms with Crippen molar-refractivity contribution < 1.29 is 9.94 Å². The predicted octanol–water partition coefficient (Wildman–Crippen LogP) is 3.97. The molecule has 0 aromatic heterocycles. The molecule has 3 N–H and O–H groups in total. The van der Waals surface area contributed by atoms with Gasteiger partial charge in [-0.15, -0.1) is 0 Å². The van der Waals surface area contributed by atoms with Crippen LogP contribution in [0, 0.1) is 6.92 Å². The molecule has 0 atom stereocenters. The van der Waals surface area contributed by atoms with E-state index in [4.69, 9.17) is 15.7 Å². The second-order valence-corrected chi connectivity index (χ2v) is 5.45. The van der Waals surface area contributed by atoms with E-state index < -0.39 is 0 Å². The number of oxime groups is 1. The van der Waals surface area contributed by atoms with E-state index in [2.05, 4.69) is 12.1 Å². The normalized spacial score (nSPS) is 11.8. The summed E-state index contributed by atoms with van der Waals surface area (Å²) < 4.78 is 5.72. The van der Waals surface area contributed by atoms with Crippen LogP contribution in [0.3, 0.4) is 0 Å². The molecule has 0 heterocycles. The highest BCUT2D eigenvalue weighted by Gasteiger charge is 2.03. The molecule has 0 bridgehead atoms. The van der Waals surface area contributed by atoms with Crippen LogP contribution in [0.15, 0.2) is 23.4 Å². The van der Waals surface area contributed by atoms with Crippen molar-refractivity contribution in [2.45, 2.75) is 59.0 Å². The van der Waals surface area contributed by atoms with Crippen LogP contribution in [-0.2, 0) is 11.3 Å². The number of aryl methyl sites for hydroxylation is 1. The summed E-state index contributed by atoms with van der Waals surface area (Å²) in [6.45, 7) is 5.68. The van der Waals surface area contributed by atoms with Crippen LogP contribution in [0.4, 0.5) is 0 Å². The first-order valence-corrected chi connectivity index (χ1v) is 7.84. The van der Waals surface area contributed by atoms with Crippen molar-refractivity contribution in [2.75, 3.05) is 6.61 Å². The molecule has 0 saturated heterocycles. The molecule has 1 aromatic rings. The second-order valence-electron chi connectivity index (χ2n) is 5.45. The highest BCUT2D eigenvalue weighted by Crippen LogP contribution is 2.13. The summed E-state index contributed by atoms with van der Waals surface area (Å²) in [7, 11) is 0. The van der Waals surface area contributed by atoms with E-state index in [9.17, 15) is 0 Å². The van der Waals surface area contributed by atoms with Gasteiger partial charge in [0.05, 0.1) is 6.61 Å². The van der Waals surface area contributed by atoms with Crippen molar-refractivity contribution in [1.29, 1.82) is 0 Å². The standard InChI is InChI=1S/C17H28N2O2/c1-3-4-5-6-7-8-11-21-13-16-10-9-15(12-14(16)2)17(18)19-20/h9-10,12,20H,3-8,11,13H2,1-2H3,(H2,18,19). The number of nitrogens with two attached hydrogens (primary N) is 1. The van der Waals surface area contributed by atoms with Gasteiger partial charge in [0.2, 0.25) is 0 Å². The van der Waals surface area contributed by atoms with Gasteiger partial charge < -0.3 is 15.7 Å². The van der Waals surface area contributed by atoms with Gasteiger partial charge in [-0.2, -0.15) is 0 Å². The minimum Gasteiger partial charge on any atom is -0.409 e. The summed E-state index contributed by atoms with van der Waals surface area (Å²) in [5.41, 5.74) is 8.55. The van der Waals surface area contributed by atoms with Gasteiger partial charge in [0.1, 0.15) is 0 Å². The third-order valence-electron chi connectivity index (χ3n) is 3.65. The van der Waals surface area contributed by atoms with Crippen molar-refractivity contribution in [1.82, 2.24) is 0 Å². The fraction of sp³-hybridized carbons (Fsp3) is 0.588.